The van der Waals surface area contributed by atoms with Gasteiger partial charge in [0, 0.05) is 10.0 Å². The van der Waals surface area contributed by atoms with Gasteiger partial charge in [-0.2, -0.15) is 14.7 Å². The van der Waals surface area contributed by atoms with Crippen molar-refractivity contribution in [2.24, 2.45) is 5.10 Å². The number of thioether (sulfide) groups is 1. The number of nitriles is 1. The number of halogens is 1. The summed E-state index contributed by atoms with van der Waals surface area (Å²) in [6.45, 7) is 0. The van der Waals surface area contributed by atoms with Crippen LogP contribution < -0.4 is 5.43 Å². The Bertz CT molecular complexity index is 693. The molecule has 0 saturated heterocycles. The number of phenols is 1. The SMILES string of the molecule is CSc1nsc(N/N=C/c2cc(Br)ccc2O)c1C#N. The number of hydrazone groups is 1. The molecule has 0 aliphatic carbocycles. The van der Waals surface area contributed by atoms with Gasteiger partial charge in [-0.05, 0) is 36.0 Å². The highest BCUT2D eigenvalue weighted by molar-refractivity contribution is 9.10. The summed E-state index contributed by atoms with van der Waals surface area (Å²) in [5.41, 5.74) is 3.83. The molecule has 2 aromatic rings. The first kappa shape index (κ1) is 14.8. The molecule has 1 heterocycles. The Labute approximate surface area is 132 Å². The number of benzene rings is 1. The van der Waals surface area contributed by atoms with Crippen LogP contribution in [0.1, 0.15) is 11.1 Å². The third-order valence-corrected chi connectivity index (χ3v) is 4.37. The van der Waals surface area contributed by atoms with E-state index in [1.165, 1.54) is 29.5 Å². The molecule has 0 amide bonds. The highest BCUT2D eigenvalue weighted by Crippen LogP contribution is 2.29. The molecule has 20 heavy (non-hydrogen) atoms. The van der Waals surface area contributed by atoms with E-state index in [9.17, 15) is 5.11 Å². The maximum atomic E-state index is 9.67. The fourth-order valence-electron chi connectivity index (χ4n) is 1.38. The molecule has 0 spiro atoms. The van der Waals surface area contributed by atoms with Gasteiger partial charge in [0.1, 0.15) is 27.4 Å². The minimum Gasteiger partial charge on any atom is -0.507 e. The molecule has 0 aliphatic rings. The summed E-state index contributed by atoms with van der Waals surface area (Å²) in [4.78, 5) is 0. The molecule has 2 rings (SSSR count). The molecular weight excluding hydrogens is 360 g/mol. The lowest BCUT2D eigenvalue weighted by Gasteiger charge is -1.99. The summed E-state index contributed by atoms with van der Waals surface area (Å²) in [5, 5.41) is 24.0. The van der Waals surface area contributed by atoms with Crippen LogP contribution in [-0.4, -0.2) is 22.0 Å². The fraction of sp³-hybridized carbons (Fsp3) is 0.0833. The molecule has 0 saturated carbocycles. The quantitative estimate of drug-likeness (QED) is 0.488. The third kappa shape index (κ3) is 3.30. The monoisotopic (exact) mass is 368 g/mol. The molecule has 0 aliphatic heterocycles. The van der Waals surface area contributed by atoms with E-state index in [0.717, 1.165) is 4.47 Å². The average Bonchev–Trinajstić information content (AvgIpc) is 2.84. The van der Waals surface area contributed by atoms with Gasteiger partial charge >= 0.3 is 0 Å². The van der Waals surface area contributed by atoms with Gasteiger partial charge in [-0.15, -0.1) is 11.8 Å². The van der Waals surface area contributed by atoms with Crippen molar-refractivity contribution in [2.75, 3.05) is 11.7 Å². The van der Waals surface area contributed by atoms with E-state index < -0.39 is 0 Å². The van der Waals surface area contributed by atoms with Crippen LogP contribution in [0.4, 0.5) is 5.00 Å². The number of phenolic OH excluding ortho intramolecular Hbond substituents is 1. The molecule has 1 aromatic heterocycles. The molecule has 2 N–H and O–H groups in total. The van der Waals surface area contributed by atoms with Crippen molar-refractivity contribution in [3.63, 3.8) is 0 Å². The molecule has 0 bridgehead atoms. The molecule has 0 unspecified atom stereocenters. The second-order valence-electron chi connectivity index (χ2n) is 3.58. The van der Waals surface area contributed by atoms with Gasteiger partial charge in [-0.1, -0.05) is 15.9 Å². The van der Waals surface area contributed by atoms with Crippen LogP contribution in [0.25, 0.3) is 0 Å². The lowest BCUT2D eigenvalue weighted by molar-refractivity contribution is 0.474. The van der Waals surface area contributed by atoms with Crippen molar-refractivity contribution >= 4 is 50.4 Å². The first-order valence-corrected chi connectivity index (χ1v) is 8.16. The number of aromatic nitrogens is 1. The predicted octanol–water partition coefficient (Wildman–Crippen LogP) is 3.65. The number of rotatable bonds is 4. The number of hydrogen-bond donors (Lipinski definition) is 2. The van der Waals surface area contributed by atoms with Crippen LogP contribution >= 0.6 is 39.2 Å². The van der Waals surface area contributed by atoms with E-state index in [0.29, 0.717) is 21.2 Å². The Morgan fingerprint density at radius 3 is 3.10 bits per heavy atom. The minimum absolute atomic E-state index is 0.133. The molecule has 102 valence electrons. The largest absolute Gasteiger partial charge is 0.507 e. The third-order valence-electron chi connectivity index (χ3n) is 2.33. The Hall–Kier alpha value is -1.56. The maximum Gasteiger partial charge on any atom is 0.148 e. The Morgan fingerprint density at radius 1 is 1.60 bits per heavy atom. The first-order valence-electron chi connectivity index (χ1n) is 5.37. The number of anilines is 1. The van der Waals surface area contributed by atoms with Crippen LogP contribution in [0.3, 0.4) is 0 Å². The molecule has 1 aromatic carbocycles. The van der Waals surface area contributed by atoms with Gasteiger partial charge in [-0.25, -0.2) is 0 Å². The van der Waals surface area contributed by atoms with Crippen molar-refractivity contribution in [3.05, 3.63) is 33.8 Å². The van der Waals surface area contributed by atoms with Gasteiger partial charge in [0.25, 0.3) is 0 Å². The minimum atomic E-state index is 0.133. The summed E-state index contributed by atoms with van der Waals surface area (Å²) >= 11 is 5.91. The zero-order chi connectivity index (χ0) is 14.5. The molecular formula is C12H9BrN4OS2. The van der Waals surface area contributed by atoms with Crippen molar-refractivity contribution in [2.45, 2.75) is 5.03 Å². The van der Waals surface area contributed by atoms with E-state index in [4.69, 9.17) is 5.26 Å². The highest BCUT2D eigenvalue weighted by atomic mass is 79.9. The lowest BCUT2D eigenvalue weighted by Crippen LogP contribution is -1.91. The van der Waals surface area contributed by atoms with E-state index in [1.807, 2.05) is 6.26 Å². The average molecular weight is 369 g/mol. The Kier molecular flexibility index (Phi) is 5.00. The molecule has 0 fully saturated rings. The topological polar surface area (TPSA) is 81.3 Å². The molecule has 0 radical (unpaired) electrons. The van der Waals surface area contributed by atoms with Crippen LogP contribution in [0, 0.1) is 11.3 Å². The summed E-state index contributed by atoms with van der Waals surface area (Å²) in [6, 6.07) is 7.15. The summed E-state index contributed by atoms with van der Waals surface area (Å²) < 4.78 is 5.00. The summed E-state index contributed by atoms with van der Waals surface area (Å²) in [5.74, 6) is 0.133. The van der Waals surface area contributed by atoms with Crippen LogP contribution in [0.5, 0.6) is 5.75 Å². The van der Waals surface area contributed by atoms with Crippen molar-refractivity contribution in [1.29, 1.82) is 5.26 Å². The summed E-state index contributed by atoms with van der Waals surface area (Å²) in [7, 11) is 0. The van der Waals surface area contributed by atoms with Gasteiger partial charge in [0.05, 0.1) is 6.21 Å². The van der Waals surface area contributed by atoms with Gasteiger partial charge in [-0.3, -0.25) is 5.43 Å². The molecule has 8 heteroatoms. The van der Waals surface area contributed by atoms with E-state index >= 15 is 0 Å². The van der Waals surface area contributed by atoms with Crippen LogP contribution in [0.15, 0.2) is 32.8 Å². The predicted molar refractivity (Wildman–Crippen MR) is 85.6 cm³/mol. The van der Waals surface area contributed by atoms with E-state index in [-0.39, 0.29) is 5.75 Å². The zero-order valence-electron chi connectivity index (χ0n) is 10.3. The Balaban J connectivity index is 2.16. The van der Waals surface area contributed by atoms with Gasteiger partial charge < -0.3 is 5.11 Å². The molecule has 5 nitrogen and oxygen atoms in total. The maximum absolute atomic E-state index is 9.67. The van der Waals surface area contributed by atoms with Gasteiger partial charge in [0.15, 0.2) is 0 Å². The molecule has 0 atom stereocenters. The standard InChI is InChI=1S/C12H9BrN4OS2/c1-19-12-9(5-14)11(20-17-12)16-15-6-7-4-8(13)2-3-10(7)18/h2-4,6,16,18H,1H3/b15-6+. The highest BCUT2D eigenvalue weighted by Gasteiger charge is 2.11. The lowest BCUT2D eigenvalue weighted by atomic mass is 10.2. The number of nitrogens with one attached hydrogen (secondary N) is 1. The first-order chi connectivity index (χ1) is 9.65. The number of aromatic hydroxyl groups is 1. The normalized spacial score (nSPS) is 10.7. The fourth-order valence-corrected chi connectivity index (χ4v) is 3.18. The number of hydrogen-bond acceptors (Lipinski definition) is 7. The summed E-state index contributed by atoms with van der Waals surface area (Å²) in [6.07, 6.45) is 3.35. The second-order valence-corrected chi connectivity index (χ2v) is 6.06. The van der Waals surface area contributed by atoms with E-state index in [2.05, 4.69) is 36.9 Å². The van der Waals surface area contributed by atoms with Crippen molar-refractivity contribution in [3.8, 4) is 11.8 Å². The Morgan fingerprint density at radius 2 is 2.40 bits per heavy atom. The second kappa shape index (κ2) is 6.74. The van der Waals surface area contributed by atoms with Crippen molar-refractivity contribution in [1.82, 2.24) is 4.37 Å². The van der Waals surface area contributed by atoms with Crippen LogP contribution in [-0.2, 0) is 0 Å². The van der Waals surface area contributed by atoms with Crippen molar-refractivity contribution < 1.29 is 5.11 Å². The zero-order valence-corrected chi connectivity index (χ0v) is 13.5. The van der Waals surface area contributed by atoms with Gasteiger partial charge in [0.2, 0.25) is 0 Å². The van der Waals surface area contributed by atoms with E-state index in [1.54, 1.807) is 18.2 Å². The smallest absolute Gasteiger partial charge is 0.148 e. The number of nitrogens with zero attached hydrogens (tertiary/aromatic N) is 3. The van der Waals surface area contributed by atoms with Crippen LogP contribution in [0.2, 0.25) is 0 Å².